The van der Waals surface area contributed by atoms with Gasteiger partial charge >= 0.3 is 0 Å². The third-order valence-electron chi connectivity index (χ3n) is 6.39. The molecule has 1 N–H and O–H groups in total. The number of halogens is 1. The van der Waals surface area contributed by atoms with Crippen LogP contribution in [0.25, 0.3) is 11.4 Å². The predicted octanol–water partition coefficient (Wildman–Crippen LogP) is 4.10. The molecule has 2 fully saturated rings. The molecule has 34 heavy (non-hydrogen) atoms. The Kier molecular flexibility index (Phi) is 5.95. The second-order valence-corrected chi connectivity index (χ2v) is 10.8. The summed E-state index contributed by atoms with van der Waals surface area (Å²) in [5.74, 6) is 0.0870. The highest BCUT2D eigenvalue weighted by atomic mass is 32.2. The van der Waals surface area contributed by atoms with Gasteiger partial charge in [0, 0.05) is 30.5 Å². The molecule has 5 rings (SSSR count). The van der Waals surface area contributed by atoms with E-state index < -0.39 is 21.8 Å². The highest BCUT2D eigenvalue weighted by Gasteiger charge is 2.34. The van der Waals surface area contributed by atoms with E-state index in [0.29, 0.717) is 41.6 Å². The maximum Gasteiger partial charge on any atom is 0.243 e. The molecule has 1 amide bonds. The Hall–Kier alpha value is -3.11. The molecule has 0 atom stereocenters. The van der Waals surface area contributed by atoms with Crippen LogP contribution in [0.15, 0.2) is 51.9 Å². The molecule has 0 unspecified atom stereocenters. The maximum atomic E-state index is 13.8. The summed E-state index contributed by atoms with van der Waals surface area (Å²) >= 11 is 0. The Morgan fingerprint density at radius 3 is 2.56 bits per heavy atom. The number of benzene rings is 2. The number of piperidine rings is 1. The fourth-order valence-corrected chi connectivity index (χ4v) is 5.88. The molecule has 2 aromatic carbocycles. The smallest absolute Gasteiger partial charge is 0.243 e. The van der Waals surface area contributed by atoms with Gasteiger partial charge in [-0.1, -0.05) is 29.4 Å². The number of para-hydroxylation sites is 1. The first kappa shape index (κ1) is 22.7. The first-order valence-electron chi connectivity index (χ1n) is 11.3. The number of amides is 1. The molecule has 178 valence electrons. The topological polar surface area (TPSA) is 105 Å². The average molecular weight is 485 g/mol. The summed E-state index contributed by atoms with van der Waals surface area (Å²) in [4.78, 5) is 17.2. The van der Waals surface area contributed by atoms with Crippen molar-refractivity contribution < 1.29 is 22.1 Å². The Labute approximate surface area is 197 Å². The van der Waals surface area contributed by atoms with E-state index in [9.17, 15) is 17.6 Å². The van der Waals surface area contributed by atoms with Crippen molar-refractivity contribution in [3.05, 3.63) is 59.7 Å². The third kappa shape index (κ3) is 4.47. The highest BCUT2D eigenvalue weighted by molar-refractivity contribution is 7.89. The van der Waals surface area contributed by atoms with E-state index in [1.165, 1.54) is 16.4 Å². The van der Waals surface area contributed by atoms with Crippen LogP contribution >= 0.6 is 0 Å². The van der Waals surface area contributed by atoms with Crippen molar-refractivity contribution in [1.29, 1.82) is 0 Å². The third-order valence-corrected chi connectivity index (χ3v) is 8.43. The van der Waals surface area contributed by atoms with Crippen LogP contribution in [0.5, 0.6) is 0 Å². The van der Waals surface area contributed by atoms with Crippen LogP contribution in [0.3, 0.4) is 0 Å². The Balaban J connectivity index is 1.29. The summed E-state index contributed by atoms with van der Waals surface area (Å²) in [5.41, 5.74) is 1.33. The molecule has 8 nitrogen and oxygen atoms in total. The minimum atomic E-state index is -3.78. The molecule has 1 saturated carbocycles. The van der Waals surface area contributed by atoms with Crippen molar-refractivity contribution >= 4 is 21.6 Å². The van der Waals surface area contributed by atoms with Gasteiger partial charge in [-0.25, -0.2) is 12.8 Å². The van der Waals surface area contributed by atoms with Crippen LogP contribution in [0.2, 0.25) is 0 Å². The number of nitrogens with zero attached hydrogens (tertiary/aromatic N) is 3. The Morgan fingerprint density at radius 1 is 1.12 bits per heavy atom. The lowest BCUT2D eigenvalue weighted by molar-refractivity contribution is -0.120. The van der Waals surface area contributed by atoms with Gasteiger partial charge < -0.3 is 9.84 Å². The van der Waals surface area contributed by atoms with E-state index in [1.54, 1.807) is 37.3 Å². The number of hydrogen-bond donors (Lipinski definition) is 1. The van der Waals surface area contributed by atoms with Crippen LogP contribution in [-0.2, 0) is 14.8 Å². The van der Waals surface area contributed by atoms with E-state index in [-0.39, 0.29) is 29.6 Å². The van der Waals surface area contributed by atoms with Gasteiger partial charge in [-0.2, -0.15) is 9.29 Å². The number of anilines is 1. The van der Waals surface area contributed by atoms with Gasteiger partial charge in [-0.05, 0) is 56.4 Å². The largest absolute Gasteiger partial charge is 0.339 e. The number of sulfonamides is 1. The molecule has 2 aliphatic rings. The van der Waals surface area contributed by atoms with E-state index in [4.69, 9.17) is 4.52 Å². The van der Waals surface area contributed by atoms with Gasteiger partial charge in [-0.3, -0.25) is 4.79 Å². The summed E-state index contributed by atoms with van der Waals surface area (Å²) in [6, 6.07) is 11.1. The second kappa shape index (κ2) is 8.92. The fourth-order valence-electron chi connectivity index (χ4n) is 4.16. The lowest BCUT2D eigenvalue weighted by atomic mass is 9.97. The number of aryl methyl sites for hydroxylation is 1. The van der Waals surface area contributed by atoms with Gasteiger partial charge in [0.2, 0.25) is 27.6 Å². The van der Waals surface area contributed by atoms with Crippen molar-refractivity contribution in [3.63, 3.8) is 0 Å². The molecular weight excluding hydrogens is 459 g/mol. The number of aromatic nitrogens is 2. The first-order chi connectivity index (χ1) is 16.3. The van der Waals surface area contributed by atoms with Gasteiger partial charge in [-0.15, -0.1) is 0 Å². The quantitative estimate of drug-likeness (QED) is 0.565. The number of hydrogen-bond acceptors (Lipinski definition) is 6. The van der Waals surface area contributed by atoms with Crippen molar-refractivity contribution in [3.8, 4) is 11.4 Å². The minimum Gasteiger partial charge on any atom is -0.339 e. The van der Waals surface area contributed by atoms with Gasteiger partial charge in [0.1, 0.15) is 5.82 Å². The second-order valence-electron chi connectivity index (χ2n) is 8.86. The molecule has 0 radical (unpaired) electrons. The lowest BCUT2D eigenvalue weighted by Crippen LogP contribution is -2.41. The zero-order valence-corrected chi connectivity index (χ0v) is 19.5. The zero-order chi connectivity index (χ0) is 23.9. The van der Waals surface area contributed by atoms with E-state index >= 15 is 0 Å². The van der Waals surface area contributed by atoms with Crippen LogP contribution in [-0.4, -0.2) is 41.9 Å². The molecule has 0 bridgehead atoms. The summed E-state index contributed by atoms with van der Waals surface area (Å²) in [6.45, 7) is 2.15. The van der Waals surface area contributed by atoms with Crippen LogP contribution in [0, 0.1) is 18.7 Å². The van der Waals surface area contributed by atoms with E-state index in [1.807, 2.05) is 0 Å². The van der Waals surface area contributed by atoms with Gasteiger partial charge in [0.05, 0.1) is 10.6 Å². The molecule has 1 aliphatic carbocycles. The molecule has 1 aliphatic heterocycles. The van der Waals surface area contributed by atoms with Crippen LogP contribution in [0.4, 0.5) is 10.1 Å². The monoisotopic (exact) mass is 484 g/mol. The van der Waals surface area contributed by atoms with Gasteiger partial charge in [0.15, 0.2) is 0 Å². The fraction of sp³-hybridized carbons (Fsp3) is 0.375. The molecule has 1 saturated heterocycles. The van der Waals surface area contributed by atoms with Crippen molar-refractivity contribution in [2.24, 2.45) is 5.92 Å². The number of rotatable bonds is 6. The minimum absolute atomic E-state index is 0.126. The summed E-state index contributed by atoms with van der Waals surface area (Å²) in [6.07, 6.45) is 2.77. The SMILES string of the molecule is Cc1ccc(-c2noc(C3CC3)n2)cc1S(=O)(=O)N1CCC(C(=O)Nc2ccccc2F)CC1. The molecular formula is C24H25FN4O4S. The predicted molar refractivity (Wildman–Crippen MR) is 123 cm³/mol. The molecule has 2 heterocycles. The summed E-state index contributed by atoms with van der Waals surface area (Å²) in [7, 11) is -3.78. The first-order valence-corrected chi connectivity index (χ1v) is 12.8. The van der Waals surface area contributed by atoms with E-state index in [0.717, 1.165) is 12.8 Å². The molecule has 0 spiro atoms. The number of nitrogens with one attached hydrogen (secondary N) is 1. The molecule has 10 heteroatoms. The normalized spacial score (nSPS) is 17.6. The number of carbonyl (C=O) groups is 1. The maximum absolute atomic E-state index is 13.8. The van der Waals surface area contributed by atoms with Gasteiger partial charge in [0.25, 0.3) is 0 Å². The molecule has 3 aromatic rings. The van der Waals surface area contributed by atoms with Crippen LogP contribution < -0.4 is 5.32 Å². The Bertz CT molecular complexity index is 1330. The highest BCUT2D eigenvalue weighted by Crippen LogP contribution is 2.39. The summed E-state index contributed by atoms with van der Waals surface area (Å²) < 4.78 is 47.4. The van der Waals surface area contributed by atoms with Crippen molar-refractivity contribution in [2.75, 3.05) is 18.4 Å². The summed E-state index contributed by atoms with van der Waals surface area (Å²) in [5, 5.41) is 6.63. The zero-order valence-electron chi connectivity index (χ0n) is 18.7. The lowest BCUT2D eigenvalue weighted by Gasteiger charge is -2.31. The average Bonchev–Trinajstić information content (AvgIpc) is 3.57. The number of carbonyl (C=O) groups excluding carboxylic acids is 1. The van der Waals surface area contributed by atoms with E-state index in [2.05, 4.69) is 15.5 Å². The Morgan fingerprint density at radius 2 is 1.85 bits per heavy atom. The molecule has 1 aromatic heterocycles. The van der Waals surface area contributed by atoms with Crippen molar-refractivity contribution in [2.45, 2.75) is 43.4 Å². The van der Waals surface area contributed by atoms with Crippen molar-refractivity contribution in [1.82, 2.24) is 14.4 Å². The standard InChI is InChI=1S/C24H25FN4O4S/c1-15-6-7-18(22-27-24(33-28-22)17-8-9-17)14-21(15)34(31,32)29-12-10-16(11-13-29)23(30)26-20-5-3-2-4-19(20)25/h2-7,14,16-17H,8-13H2,1H3,(H,26,30). The van der Waals surface area contributed by atoms with Crippen LogP contribution in [0.1, 0.15) is 43.1 Å².